The van der Waals surface area contributed by atoms with Crippen molar-refractivity contribution in [2.75, 3.05) is 7.11 Å². The average Bonchev–Trinajstić information content (AvgIpc) is 2.36. The fourth-order valence-electron chi connectivity index (χ4n) is 1.51. The molecule has 1 rings (SSSR count). The van der Waals surface area contributed by atoms with Gasteiger partial charge in [0.1, 0.15) is 5.75 Å². The van der Waals surface area contributed by atoms with E-state index < -0.39 is 23.7 Å². The van der Waals surface area contributed by atoms with E-state index in [-0.39, 0.29) is 0 Å². The van der Waals surface area contributed by atoms with Gasteiger partial charge in [0.15, 0.2) is 5.54 Å². The molecule has 0 spiro atoms. The Bertz CT molecular complexity index is 533. The highest BCUT2D eigenvalue weighted by Crippen LogP contribution is 2.30. The summed E-state index contributed by atoms with van der Waals surface area (Å²) in [5, 5.41) is 2.26. The Hall–Kier alpha value is -1.28. The smallest absolute Gasteiger partial charge is 0.415 e. The molecule has 0 aliphatic rings. The van der Waals surface area contributed by atoms with Crippen LogP contribution in [0.4, 0.5) is 13.2 Å². The van der Waals surface area contributed by atoms with Crippen LogP contribution in [0.2, 0.25) is 0 Å². The minimum atomic E-state index is -4.82. The topological polar surface area (TPSA) is 64.3 Å². The third-order valence-corrected chi connectivity index (χ3v) is 3.70. The number of hydrogen-bond donors (Lipinski definition) is 2. The number of hydrogen-bond acceptors (Lipinski definition) is 3. The molecule has 0 bridgehead atoms. The van der Waals surface area contributed by atoms with E-state index in [0.29, 0.717) is 22.7 Å². The van der Waals surface area contributed by atoms with Crippen LogP contribution in [0.5, 0.6) is 5.75 Å². The molecule has 2 unspecified atom stereocenters. The molecule has 0 saturated carbocycles. The van der Waals surface area contributed by atoms with Crippen LogP contribution in [-0.2, 0) is 4.79 Å². The van der Waals surface area contributed by atoms with E-state index in [9.17, 15) is 18.0 Å². The van der Waals surface area contributed by atoms with Crippen molar-refractivity contribution in [1.82, 2.24) is 5.32 Å². The largest absolute Gasteiger partial charge is 0.496 e. The molecule has 0 heterocycles. The number of carbonyl (C=O) groups is 1. The van der Waals surface area contributed by atoms with Crippen molar-refractivity contribution < 1.29 is 22.7 Å². The fourth-order valence-corrected chi connectivity index (χ4v) is 2.07. The molecule has 0 fully saturated rings. The molecule has 1 aromatic rings. The number of methoxy groups -OCH3 is 1. The minimum Gasteiger partial charge on any atom is -0.496 e. The first-order chi connectivity index (χ1) is 9.50. The standard InChI is InChI=1S/C13H16BrF3N2O2/c1-7(8-4-5-10(21-3)9(14)6-8)19-11(20)12(2,18)13(15,16)17/h4-7H,18H2,1-3H3,(H,19,20). The van der Waals surface area contributed by atoms with Gasteiger partial charge < -0.3 is 15.8 Å². The minimum absolute atomic E-state index is 0.580. The lowest BCUT2D eigenvalue weighted by atomic mass is 10.0. The molecule has 4 nitrogen and oxygen atoms in total. The van der Waals surface area contributed by atoms with E-state index in [2.05, 4.69) is 21.2 Å². The second-order valence-electron chi connectivity index (χ2n) is 4.79. The van der Waals surface area contributed by atoms with Gasteiger partial charge in [0.05, 0.1) is 17.6 Å². The predicted molar refractivity (Wildman–Crippen MR) is 75.9 cm³/mol. The maximum Gasteiger partial charge on any atom is 0.415 e. The summed E-state index contributed by atoms with van der Waals surface area (Å²) < 4.78 is 43.8. The Kier molecular flexibility index (Phi) is 5.27. The molecule has 3 N–H and O–H groups in total. The van der Waals surface area contributed by atoms with Crippen molar-refractivity contribution in [3.63, 3.8) is 0 Å². The van der Waals surface area contributed by atoms with Gasteiger partial charge in [-0.25, -0.2) is 0 Å². The van der Waals surface area contributed by atoms with Gasteiger partial charge in [-0.3, -0.25) is 4.79 Å². The molecular formula is C13H16BrF3N2O2. The number of nitrogens with one attached hydrogen (secondary N) is 1. The highest BCUT2D eigenvalue weighted by molar-refractivity contribution is 9.10. The van der Waals surface area contributed by atoms with Crippen molar-refractivity contribution in [2.24, 2.45) is 5.73 Å². The highest BCUT2D eigenvalue weighted by Gasteiger charge is 2.54. The number of nitrogens with two attached hydrogens (primary N) is 1. The van der Waals surface area contributed by atoms with Crippen LogP contribution < -0.4 is 15.8 Å². The molecular weight excluding hydrogens is 353 g/mol. The van der Waals surface area contributed by atoms with E-state index in [0.717, 1.165) is 0 Å². The van der Waals surface area contributed by atoms with Gasteiger partial charge in [0.25, 0.3) is 0 Å². The molecule has 8 heteroatoms. The SMILES string of the molecule is COc1ccc(C(C)NC(=O)C(C)(N)C(F)(F)F)cc1Br. The zero-order chi connectivity index (χ0) is 16.4. The van der Waals surface area contributed by atoms with Crippen LogP contribution in [0.1, 0.15) is 25.5 Å². The summed E-state index contributed by atoms with van der Waals surface area (Å²) in [6.45, 7) is 2.21. The van der Waals surface area contributed by atoms with Gasteiger partial charge in [-0.05, 0) is 47.5 Å². The van der Waals surface area contributed by atoms with Crippen molar-refractivity contribution in [2.45, 2.75) is 31.6 Å². The fraction of sp³-hybridized carbons (Fsp3) is 0.462. The number of amides is 1. The van der Waals surface area contributed by atoms with E-state index in [4.69, 9.17) is 10.5 Å². The summed E-state index contributed by atoms with van der Waals surface area (Å²) in [4.78, 5) is 11.7. The normalized spacial score (nSPS) is 16.0. The Balaban J connectivity index is 2.89. The van der Waals surface area contributed by atoms with Crippen LogP contribution >= 0.6 is 15.9 Å². The van der Waals surface area contributed by atoms with Gasteiger partial charge in [-0.15, -0.1) is 0 Å². The van der Waals surface area contributed by atoms with Crippen LogP contribution in [0.3, 0.4) is 0 Å². The molecule has 118 valence electrons. The van der Waals surface area contributed by atoms with Crippen LogP contribution in [0, 0.1) is 0 Å². The molecule has 0 aliphatic carbocycles. The third-order valence-electron chi connectivity index (χ3n) is 3.08. The second kappa shape index (κ2) is 6.23. The molecule has 0 aromatic heterocycles. The summed E-state index contributed by atoms with van der Waals surface area (Å²) >= 11 is 3.27. The van der Waals surface area contributed by atoms with Gasteiger partial charge in [0.2, 0.25) is 5.91 Å². The van der Waals surface area contributed by atoms with Crippen LogP contribution in [0.15, 0.2) is 22.7 Å². The van der Waals surface area contributed by atoms with E-state index in [1.165, 1.54) is 7.11 Å². The lowest BCUT2D eigenvalue weighted by Gasteiger charge is -2.28. The molecule has 1 amide bonds. The molecule has 1 aromatic carbocycles. The molecule has 0 aliphatic heterocycles. The maximum atomic E-state index is 12.7. The zero-order valence-electron chi connectivity index (χ0n) is 11.7. The molecule has 0 radical (unpaired) electrons. The number of ether oxygens (including phenoxy) is 1. The quantitative estimate of drug-likeness (QED) is 0.858. The van der Waals surface area contributed by atoms with Crippen LogP contribution in [-0.4, -0.2) is 24.7 Å². The van der Waals surface area contributed by atoms with Crippen molar-refractivity contribution >= 4 is 21.8 Å². The van der Waals surface area contributed by atoms with Crippen molar-refractivity contribution in [3.8, 4) is 5.75 Å². The number of halogens is 4. The van der Waals surface area contributed by atoms with Gasteiger partial charge >= 0.3 is 6.18 Å². The number of benzene rings is 1. The molecule has 0 saturated heterocycles. The zero-order valence-corrected chi connectivity index (χ0v) is 13.3. The molecule has 2 atom stereocenters. The summed E-state index contributed by atoms with van der Waals surface area (Å²) in [5.74, 6) is -0.703. The summed E-state index contributed by atoms with van der Waals surface area (Å²) in [6.07, 6.45) is -4.82. The third kappa shape index (κ3) is 3.88. The lowest BCUT2D eigenvalue weighted by Crippen LogP contribution is -2.61. The first-order valence-electron chi connectivity index (χ1n) is 6.00. The first kappa shape index (κ1) is 17.8. The van der Waals surface area contributed by atoms with E-state index in [1.807, 2.05) is 0 Å². The number of carbonyl (C=O) groups excluding carboxylic acids is 1. The Morgan fingerprint density at radius 2 is 2.00 bits per heavy atom. The predicted octanol–water partition coefficient (Wildman–Crippen LogP) is 2.91. The Morgan fingerprint density at radius 3 is 2.43 bits per heavy atom. The lowest BCUT2D eigenvalue weighted by molar-refractivity contribution is -0.187. The van der Waals surface area contributed by atoms with Gasteiger partial charge in [0, 0.05) is 0 Å². The average molecular weight is 369 g/mol. The maximum absolute atomic E-state index is 12.7. The summed E-state index contributed by atoms with van der Waals surface area (Å²) in [7, 11) is 1.49. The van der Waals surface area contributed by atoms with E-state index >= 15 is 0 Å². The Labute approximate surface area is 129 Å². The van der Waals surface area contributed by atoms with Crippen molar-refractivity contribution in [3.05, 3.63) is 28.2 Å². The number of alkyl halides is 3. The van der Waals surface area contributed by atoms with Gasteiger partial charge in [-0.1, -0.05) is 6.07 Å². The summed E-state index contributed by atoms with van der Waals surface area (Å²) in [6, 6.07) is 4.32. The summed E-state index contributed by atoms with van der Waals surface area (Å²) in [5.41, 5.74) is 2.75. The van der Waals surface area contributed by atoms with Gasteiger partial charge in [-0.2, -0.15) is 13.2 Å². The monoisotopic (exact) mass is 368 g/mol. The van der Waals surface area contributed by atoms with E-state index in [1.54, 1.807) is 25.1 Å². The van der Waals surface area contributed by atoms with Crippen LogP contribution in [0.25, 0.3) is 0 Å². The highest BCUT2D eigenvalue weighted by atomic mass is 79.9. The second-order valence-corrected chi connectivity index (χ2v) is 5.64. The van der Waals surface area contributed by atoms with Crippen molar-refractivity contribution in [1.29, 1.82) is 0 Å². The first-order valence-corrected chi connectivity index (χ1v) is 6.80. The number of rotatable bonds is 4. The molecule has 21 heavy (non-hydrogen) atoms. The Morgan fingerprint density at radius 1 is 1.43 bits per heavy atom.